The quantitative estimate of drug-likeness (QED) is 0.840. The van der Waals surface area contributed by atoms with Gasteiger partial charge >= 0.3 is 0 Å². The van der Waals surface area contributed by atoms with Crippen LogP contribution in [0.3, 0.4) is 0 Å². The van der Waals surface area contributed by atoms with Gasteiger partial charge in [0.25, 0.3) is 5.92 Å². The van der Waals surface area contributed by atoms with Crippen LogP contribution in [0.15, 0.2) is 28.7 Å². The van der Waals surface area contributed by atoms with Gasteiger partial charge in [0, 0.05) is 42.8 Å². The SMILES string of the molecule is O=C(CN1CCN(C(=O)C2CC2(F)F)CC1)Nc1ccc(Br)cc1. The molecular weight excluding hydrogens is 384 g/mol. The second-order valence-electron chi connectivity index (χ2n) is 6.17. The van der Waals surface area contributed by atoms with E-state index in [0.29, 0.717) is 31.9 Å². The molecule has 1 saturated heterocycles. The Morgan fingerprint density at radius 3 is 2.29 bits per heavy atom. The van der Waals surface area contributed by atoms with Crippen molar-refractivity contribution in [1.29, 1.82) is 0 Å². The summed E-state index contributed by atoms with van der Waals surface area (Å²) in [4.78, 5) is 27.4. The highest BCUT2D eigenvalue weighted by molar-refractivity contribution is 9.10. The van der Waals surface area contributed by atoms with Gasteiger partial charge in [-0.25, -0.2) is 8.78 Å². The van der Waals surface area contributed by atoms with Crippen LogP contribution in [-0.2, 0) is 9.59 Å². The molecule has 2 fully saturated rings. The first-order valence-corrected chi connectivity index (χ1v) is 8.59. The molecule has 1 heterocycles. The maximum atomic E-state index is 13.0. The molecule has 0 aromatic heterocycles. The molecule has 1 N–H and O–H groups in total. The minimum atomic E-state index is -2.82. The summed E-state index contributed by atoms with van der Waals surface area (Å²) < 4.78 is 26.9. The van der Waals surface area contributed by atoms with Crippen molar-refractivity contribution in [1.82, 2.24) is 9.80 Å². The smallest absolute Gasteiger partial charge is 0.260 e. The lowest BCUT2D eigenvalue weighted by atomic mass is 10.2. The van der Waals surface area contributed by atoms with Gasteiger partial charge in [0.2, 0.25) is 11.8 Å². The van der Waals surface area contributed by atoms with Crippen molar-refractivity contribution in [3.63, 3.8) is 0 Å². The summed E-state index contributed by atoms with van der Waals surface area (Å²) in [6.45, 7) is 2.02. The number of alkyl halides is 2. The molecule has 5 nitrogen and oxygen atoms in total. The van der Waals surface area contributed by atoms with Crippen LogP contribution in [0.2, 0.25) is 0 Å². The van der Waals surface area contributed by atoms with Gasteiger partial charge < -0.3 is 10.2 Å². The predicted molar refractivity (Wildman–Crippen MR) is 88.8 cm³/mol. The fourth-order valence-electron chi connectivity index (χ4n) is 2.76. The zero-order chi connectivity index (χ0) is 17.3. The lowest BCUT2D eigenvalue weighted by Crippen LogP contribution is -2.51. The van der Waals surface area contributed by atoms with E-state index in [1.807, 2.05) is 17.0 Å². The summed E-state index contributed by atoms with van der Waals surface area (Å²) in [5, 5.41) is 2.81. The van der Waals surface area contributed by atoms with E-state index < -0.39 is 17.7 Å². The Kier molecular flexibility index (Phi) is 4.87. The highest BCUT2D eigenvalue weighted by atomic mass is 79.9. The highest BCUT2D eigenvalue weighted by Gasteiger charge is 2.62. The van der Waals surface area contributed by atoms with E-state index in [-0.39, 0.29) is 18.9 Å². The molecule has 1 saturated carbocycles. The van der Waals surface area contributed by atoms with Crippen molar-refractivity contribution in [2.24, 2.45) is 5.92 Å². The summed E-state index contributed by atoms with van der Waals surface area (Å²) in [5.74, 6) is -4.55. The van der Waals surface area contributed by atoms with Crippen molar-refractivity contribution in [2.45, 2.75) is 12.3 Å². The topological polar surface area (TPSA) is 52.7 Å². The summed E-state index contributed by atoms with van der Waals surface area (Å²) in [6.07, 6.45) is -0.332. The van der Waals surface area contributed by atoms with Crippen LogP contribution in [0.4, 0.5) is 14.5 Å². The van der Waals surface area contributed by atoms with Gasteiger partial charge in [-0.2, -0.15) is 0 Å². The Morgan fingerprint density at radius 1 is 1.17 bits per heavy atom. The number of hydrogen-bond acceptors (Lipinski definition) is 3. The number of amides is 2. The van der Waals surface area contributed by atoms with E-state index in [1.165, 1.54) is 4.90 Å². The van der Waals surface area contributed by atoms with Crippen molar-refractivity contribution in [3.8, 4) is 0 Å². The molecule has 3 rings (SSSR count). The highest BCUT2D eigenvalue weighted by Crippen LogP contribution is 2.49. The molecule has 1 atom stereocenters. The molecule has 1 aliphatic heterocycles. The molecule has 130 valence electrons. The van der Waals surface area contributed by atoms with Crippen LogP contribution in [0.25, 0.3) is 0 Å². The van der Waals surface area contributed by atoms with E-state index in [4.69, 9.17) is 0 Å². The number of rotatable bonds is 4. The third-order valence-electron chi connectivity index (χ3n) is 4.30. The summed E-state index contributed by atoms with van der Waals surface area (Å²) in [7, 11) is 0. The number of carbonyl (C=O) groups excluding carboxylic acids is 2. The minimum Gasteiger partial charge on any atom is -0.340 e. The van der Waals surface area contributed by atoms with Gasteiger partial charge in [0.05, 0.1) is 6.54 Å². The normalized spacial score (nSPS) is 23.0. The lowest BCUT2D eigenvalue weighted by Gasteiger charge is -2.34. The summed E-state index contributed by atoms with van der Waals surface area (Å²) in [5.41, 5.74) is 0.716. The van der Waals surface area contributed by atoms with E-state index in [0.717, 1.165) is 4.47 Å². The van der Waals surface area contributed by atoms with Crippen molar-refractivity contribution in [2.75, 3.05) is 38.0 Å². The number of anilines is 1. The first kappa shape index (κ1) is 17.3. The average Bonchev–Trinajstić information content (AvgIpc) is 3.18. The molecular formula is C16H18BrF2N3O2. The number of piperazine rings is 1. The molecule has 0 radical (unpaired) electrons. The zero-order valence-corrected chi connectivity index (χ0v) is 14.6. The molecule has 2 aliphatic rings. The second kappa shape index (κ2) is 6.76. The fourth-order valence-corrected chi connectivity index (χ4v) is 3.03. The van der Waals surface area contributed by atoms with Crippen LogP contribution in [0, 0.1) is 5.92 Å². The first-order valence-electron chi connectivity index (χ1n) is 7.79. The monoisotopic (exact) mass is 401 g/mol. The molecule has 24 heavy (non-hydrogen) atoms. The van der Waals surface area contributed by atoms with Crippen molar-refractivity contribution >= 4 is 33.4 Å². The van der Waals surface area contributed by atoms with E-state index >= 15 is 0 Å². The number of halogens is 3. The van der Waals surface area contributed by atoms with Crippen LogP contribution in [0.5, 0.6) is 0 Å². The van der Waals surface area contributed by atoms with E-state index in [2.05, 4.69) is 21.2 Å². The standard InChI is InChI=1S/C16H18BrF2N3O2/c17-11-1-3-12(4-2-11)20-14(23)10-21-5-7-22(8-6-21)15(24)13-9-16(13,18)19/h1-4,13H,5-10H2,(H,20,23). The molecule has 1 aromatic rings. The van der Waals surface area contributed by atoms with Gasteiger partial charge in [-0.15, -0.1) is 0 Å². The largest absolute Gasteiger partial charge is 0.340 e. The van der Waals surface area contributed by atoms with Crippen LogP contribution in [-0.4, -0.2) is 60.3 Å². The average molecular weight is 402 g/mol. The third kappa shape index (κ3) is 4.10. The molecule has 8 heteroatoms. The number of benzene rings is 1. The number of hydrogen-bond donors (Lipinski definition) is 1. The molecule has 0 spiro atoms. The maximum absolute atomic E-state index is 13.0. The Balaban J connectivity index is 1.43. The van der Waals surface area contributed by atoms with Gasteiger partial charge in [-0.05, 0) is 24.3 Å². The van der Waals surface area contributed by atoms with Crippen molar-refractivity contribution < 1.29 is 18.4 Å². The third-order valence-corrected chi connectivity index (χ3v) is 4.83. The molecule has 1 aromatic carbocycles. The van der Waals surface area contributed by atoms with Gasteiger partial charge in [-0.3, -0.25) is 14.5 Å². The van der Waals surface area contributed by atoms with Crippen LogP contribution < -0.4 is 5.32 Å². The molecule has 1 aliphatic carbocycles. The molecule has 0 bridgehead atoms. The molecule has 1 unspecified atom stereocenters. The Labute approximate surface area is 147 Å². The Morgan fingerprint density at radius 2 is 1.75 bits per heavy atom. The van der Waals surface area contributed by atoms with E-state index in [9.17, 15) is 18.4 Å². The van der Waals surface area contributed by atoms with Gasteiger partial charge in [0.1, 0.15) is 5.92 Å². The predicted octanol–water partition coefficient (Wildman–Crippen LogP) is 2.19. The Hall–Kier alpha value is -1.54. The van der Waals surface area contributed by atoms with E-state index in [1.54, 1.807) is 12.1 Å². The summed E-state index contributed by atoms with van der Waals surface area (Å²) >= 11 is 3.33. The number of nitrogens with one attached hydrogen (secondary N) is 1. The number of carbonyl (C=O) groups is 2. The van der Waals surface area contributed by atoms with Gasteiger partial charge in [-0.1, -0.05) is 15.9 Å². The van der Waals surface area contributed by atoms with Crippen LogP contribution >= 0.6 is 15.9 Å². The zero-order valence-electron chi connectivity index (χ0n) is 13.0. The van der Waals surface area contributed by atoms with Crippen molar-refractivity contribution in [3.05, 3.63) is 28.7 Å². The fraction of sp³-hybridized carbons (Fsp3) is 0.500. The lowest BCUT2D eigenvalue weighted by molar-refractivity contribution is -0.136. The second-order valence-corrected chi connectivity index (χ2v) is 7.09. The Bertz CT molecular complexity index is 631. The summed E-state index contributed by atoms with van der Waals surface area (Å²) in [6, 6.07) is 7.28. The first-order chi connectivity index (χ1) is 11.3. The maximum Gasteiger partial charge on any atom is 0.260 e. The minimum absolute atomic E-state index is 0.133. The number of nitrogens with zero attached hydrogens (tertiary/aromatic N) is 2. The van der Waals surface area contributed by atoms with Gasteiger partial charge in [0.15, 0.2) is 0 Å². The van der Waals surface area contributed by atoms with Crippen LogP contribution in [0.1, 0.15) is 6.42 Å². The molecule has 2 amide bonds.